The van der Waals surface area contributed by atoms with Crippen molar-refractivity contribution < 1.29 is 104 Å². The summed E-state index contributed by atoms with van der Waals surface area (Å²) in [4.78, 5) is 211. The summed E-state index contributed by atoms with van der Waals surface area (Å²) in [5.74, 6) is -13.3. The Kier molecular flexibility index (Phi) is 27.6. The molecule has 8 saturated heterocycles. The lowest BCUT2D eigenvalue weighted by Gasteiger charge is -2.39. The molecule has 3 aromatic carbocycles. The zero-order valence-corrected chi connectivity index (χ0v) is 64.7. The van der Waals surface area contributed by atoms with Crippen LogP contribution in [0.25, 0.3) is 0 Å². The summed E-state index contributed by atoms with van der Waals surface area (Å²) in [6, 6.07) is -3.99. The summed E-state index contributed by atoms with van der Waals surface area (Å²) < 4.78 is 68.8. The molecule has 12 rings (SSSR count). The Bertz CT molecular complexity index is 4080. The minimum Gasteiger partial charge on any atom is -0.458 e. The van der Waals surface area contributed by atoms with Gasteiger partial charge in [0.05, 0.1) is 30.3 Å². The fourth-order valence-electron chi connectivity index (χ4n) is 16.3. The van der Waals surface area contributed by atoms with Gasteiger partial charge in [0, 0.05) is 82.8 Å². The van der Waals surface area contributed by atoms with Crippen LogP contribution in [0.15, 0.2) is 85.5 Å². The molecule has 0 spiro atoms. The average molecular weight is 1620 g/mol. The van der Waals surface area contributed by atoms with Crippen molar-refractivity contribution in [1.29, 1.82) is 0 Å². The van der Waals surface area contributed by atoms with E-state index in [4.69, 9.17) is 9.47 Å². The van der Waals surface area contributed by atoms with Crippen LogP contribution >= 0.6 is 0 Å². The molecule has 34 nitrogen and oxygen atoms in total. The number of hydrogen-bond acceptors (Lipinski definition) is 20. The lowest BCUT2D eigenvalue weighted by Crippen LogP contribution is -2.63. The van der Waals surface area contributed by atoms with E-state index in [-0.39, 0.29) is 106 Å². The average Bonchev–Trinajstić information content (AvgIpc) is 1.58. The predicted octanol–water partition coefficient (Wildman–Crippen LogP) is 1.21. The van der Waals surface area contributed by atoms with E-state index in [1.54, 1.807) is 30.3 Å². The van der Waals surface area contributed by atoms with E-state index in [2.05, 4.69) is 52.5 Å². The molecule has 38 heteroatoms. The van der Waals surface area contributed by atoms with E-state index in [0.717, 1.165) is 34.1 Å². The largest absolute Gasteiger partial charge is 0.458 e. The predicted molar refractivity (Wildman–Crippen MR) is 400 cm³/mol. The topological polar surface area (TPSA) is 439 Å². The summed E-state index contributed by atoms with van der Waals surface area (Å²) in [6.07, 6.45) is 0.493. The van der Waals surface area contributed by atoms with Crippen LogP contribution in [0.1, 0.15) is 117 Å². The van der Waals surface area contributed by atoms with Crippen LogP contribution in [0.3, 0.4) is 0 Å². The number of nitrogens with zero attached hydrogens (tertiary/aromatic N) is 8. The number of hydrogen-bond donors (Lipinski definition) is 10. The summed E-state index contributed by atoms with van der Waals surface area (Å²) in [5.41, 5.74) is 0.463. The minimum atomic E-state index is -1.76. The third kappa shape index (κ3) is 20.6. The molecular weight excluding hydrogens is 1520 g/mol. The number of halogens is 4. The smallest absolute Gasteiger partial charge is 0.329 e. The Morgan fingerprint density at radius 1 is 0.466 bits per heavy atom. The molecule has 8 aliphatic heterocycles. The normalized spacial score (nSPS) is 28.8. The highest BCUT2D eigenvalue weighted by molar-refractivity contribution is 6.01. The first kappa shape index (κ1) is 85.4. The van der Waals surface area contributed by atoms with Gasteiger partial charge in [-0.25, -0.2) is 46.7 Å². The summed E-state index contributed by atoms with van der Waals surface area (Å²) >= 11 is 0. The van der Waals surface area contributed by atoms with Gasteiger partial charge < -0.3 is 91.6 Å². The number of esters is 2. The van der Waals surface area contributed by atoms with E-state index in [9.17, 15) is 94.9 Å². The number of aromatic nitrogens is 2. The second-order valence-corrected chi connectivity index (χ2v) is 31.0. The highest BCUT2D eigenvalue weighted by Gasteiger charge is 2.52. The fraction of sp³-hybridized carbons (Fsp3) is 0.538. The van der Waals surface area contributed by atoms with Crippen molar-refractivity contribution in [3.63, 3.8) is 0 Å². The number of carbonyl (C=O) groups excluding carboxylic acids is 14. The number of anilines is 2. The molecule has 1 aromatic heterocycles. The standard InChI is InChI=1S/C40H49F2N7O9.C38H47F2N9O9/c1-21-13-32-39(56)58-23(3)33(46-34(51)29(16-24-14-25(41)17-26(42)15-24)45-40(57)44-27-9-5-4-6-10-27)38(55)49-20-28(50)18-31(49)37(54)47-12-8-7-11-30(47)35(52)43-22(2)36(53)48(32)19-21;1-19-8-30-37(56)58-21(3)31(46-32(51)27(11-22-9-23(39)12-24(40)10-22)45-38(57)44-25-14-41-18-42-15-25)36(55)49-17-26(50)13-29(49)35(54)47-7-5-4-6-28(47)33(52)43-20(2)34(53)48(30)16-19/h4-6,9-10,14-15,17,21-23,28-33,50H,7-8,11-13,16,18-20H2,1-3H3,(H,43,52)(H,46,51)(H2,44,45,57);9-10,12,14-15,18-21,26-31,50H,4-8,11,13,16-17H2,1-3H3,(H,43,52)(H,46,51)(H2,44,45,57)/t21-,22+,23+,28-,29+,30+,31+,32+,33+;19-,20+,21+,26-,27+,28+,29+,30+,31+/m11/s1. The Morgan fingerprint density at radius 3 is 1.24 bits per heavy atom. The monoisotopic (exact) mass is 1620 g/mol. The molecule has 116 heavy (non-hydrogen) atoms. The van der Waals surface area contributed by atoms with E-state index >= 15 is 0 Å². The number of nitrogens with one attached hydrogen (secondary N) is 8. The van der Waals surface area contributed by atoms with E-state index < -0.39 is 216 Å². The number of piperidine rings is 2. The van der Waals surface area contributed by atoms with Gasteiger partial charge in [-0.1, -0.05) is 32.0 Å². The number of ether oxygens (including phenoxy) is 2. The number of fused-ring (bicyclic) bond motifs is 6. The van der Waals surface area contributed by atoms with Crippen molar-refractivity contribution >= 4 is 94.4 Å². The van der Waals surface area contributed by atoms with Gasteiger partial charge in [0.1, 0.15) is 114 Å². The van der Waals surface area contributed by atoms with Gasteiger partial charge in [-0.2, -0.15) is 0 Å². The van der Waals surface area contributed by atoms with Gasteiger partial charge in [-0.05, 0) is 138 Å². The minimum absolute atomic E-state index is 0.00996. The molecule has 0 saturated carbocycles. The summed E-state index contributed by atoms with van der Waals surface area (Å²) in [5, 5.41) is 42.2. The molecule has 0 aliphatic carbocycles. The van der Waals surface area contributed by atoms with Crippen LogP contribution in [0.2, 0.25) is 0 Å². The Balaban J connectivity index is 0.000000228. The van der Waals surface area contributed by atoms with Crippen molar-refractivity contribution in [3.05, 3.63) is 120 Å². The SMILES string of the molecule is C[C@@H]1C[C@H]2C(=O)O[C@@H](C)[C@H](NC(=O)[C@H](Cc3cc(F)cc(F)c3)NC(=O)Nc3ccccc3)C(=O)N3C[C@H](O)C[C@H]3C(=O)N3CCCC[C@H]3C(=O)N[C@@H](C)C(=O)N2C1.C[C@@H]1C[C@H]2C(=O)O[C@@H](C)[C@H](NC(=O)[C@H](Cc3cc(F)cc(F)c3)NC(=O)Nc3cncnc3)C(=O)N3C[C@H](O)C[C@H]3C(=O)N3CCCC[C@H]3C(=O)N[C@@H](C)C(=O)N2C1. The molecule has 4 aromatic rings. The molecule has 0 unspecified atom stereocenters. The molecular formula is C78H96F4N16O18. The van der Waals surface area contributed by atoms with Gasteiger partial charge in [0.15, 0.2) is 0 Å². The number of para-hydroxylation sites is 1. The number of carbonyl (C=O) groups is 14. The second kappa shape index (κ2) is 37.4. The summed E-state index contributed by atoms with van der Waals surface area (Å²) in [6.45, 7) is 9.31. The van der Waals surface area contributed by atoms with Crippen molar-refractivity contribution in [1.82, 2.24) is 71.3 Å². The van der Waals surface area contributed by atoms with Gasteiger partial charge in [-0.3, -0.25) is 47.9 Å². The van der Waals surface area contributed by atoms with E-state index in [0.29, 0.717) is 43.5 Å². The lowest BCUT2D eigenvalue weighted by atomic mass is 9.98. The lowest BCUT2D eigenvalue weighted by molar-refractivity contribution is -0.163. The highest BCUT2D eigenvalue weighted by Crippen LogP contribution is 2.33. The molecule has 624 valence electrons. The number of rotatable bonds is 12. The Hall–Kier alpha value is -11.4. The molecule has 14 amide bonds. The fourth-order valence-corrected chi connectivity index (χ4v) is 16.3. The number of aliphatic hydroxyl groups is 2. The first-order valence-corrected chi connectivity index (χ1v) is 38.8. The van der Waals surface area contributed by atoms with E-state index in [1.807, 2.05) is 13.8 Å². The zero-order chi connectivity index (χ0) is 83.7. The Morgan fingerprint density at radius 2 is 0.845 bits per heavy atom. The number of benzene rings is 3. The van der Waals surface area contributed by atoms with Crippen molar-refractivity contribution in [2.45, 2.75) is 216 Å². The molecule has 0 bridgehead atoms. The van der Waals surface area contributed by atoms with Gasteiger partial charge in [-0.15, -0.1) is 0 Å². The number of aliphatic hydroxyl groups excluding tert-OH is 2. The van der Waals surface area contributed by atoms with Crippen LogP contribution in [0, 0.1) is 35.1 Å². The van der Waals surface area contributed by atoms with Crippen LogP contribution in [0.5, 0.6) is 0 Å². The summed E-state index contributed by atoms with van der Waals surface area (Å²) in [7, 11) is 0. The quantitative estimate of drug-likeness (QED) is 0.0704. The number of urea groups is 2. The second-order valence-electron chi connectivity index (χ2n) is 31.0. The first-order valence-electron chi connectivity index (χ1n) is 38.8. The molecule has 9 heterocycles. The number of cyclic esters (lactones) is 2. The van der Waals surface area contributed by atoms with Crippen LogP contribution in [-0.2, 0) is 79.8 Å². The number of amides is 14. The molecule has 18 atom stereocenters. The van der Waals surface area contributed by atoms with Crippen LogP contribution < -0.4 is 42.5 Å². The molecule has 8 aliphatic rings. The maximum Gasteiger partial charge on any atom is 0.329 e. The maximum atomic E-state index is 14.7. The molecule has 8 fully saturated rings. The Labute approximate surface area is 664 Å². The first-order chi connectivity index (χ1) is 55.2. The molecule has 0 radical (unpaired) electrons. The maximum absolute atomic E-state index is 14.7. The zero-order valence-electron chi connectivity index (χ0n) is 64.7. The van der Waals surface area contributed by atoms with Gasteiger partial charge in [0.2, 0.25) is 59.1 Å². The van der Waals surface area contributed by atoms with Crippen molar-refractivity contribution in [2.75, 3.05) is 49.9 Å². The van der Waals surface area contributed by atoms with Gasteiger partial charge in [0.25, 0.3) is 0 Å². The van der Waals surface area contributed by atoms with Gasteiger partial charge >= 0.3 is 24.0 Å². The van der Waals surface area contributed by atoms with Crippen molar-refractivity contribution in [3.8, 4) is 0 Å². The van der Waals surface area contributed by atoms with Crippen LogP contribution in [0.4, 0.5) is 38.5 Å². The third-order valence-corrected chi connectivity index (χ3v) is 21.9. The molecule has 10 N–H and O–H groups in total. The van der Waals surface area contributed by atoms with Crippen molar-refractivity contribution in [2.24, 2.45) is 11.8 Å². The highest BCUT2D eigenvalue weighted by atomic mass is 19.1. The third-order valence-electron chi connectivity index (χ3n) is 21.9. The van der Waals surface area contributed by atoms with Crippen LogP contribution in [-0.4, -0.2) is 269 Å². The van der Waals surface area contributed by atoms with E-state index in [1.165, 1.54) is 66.0 Å².